The largest absolute Gasteiger partial charge is 0.320 e. The fraction of sp³-hybridized carbons (Fsp3) is 0.400. The maximum Gasteiger partial charge on any atom is 0.320 e. The molecule has 0 aliphatic heterocycles. The number of hydrogen-bond donors (Lipinski definition) is 0. The van der Waals surface area contributed by atoms with Gasteiger partial charge >= 0.3 is 6.55 Å². The van der Waals surface area contributed by atoms with Gasteiger partial charge in [-0.3, -0.25) is 4.57 Å². The predicted octanol–water partition coefficient (Wildman–Crippen LogP) is 1.35. The van der Waals surface area contributed by atoms with E-state index >= 15 is 0 Å². The molecule has 10 heavy (non-hydrogen) atoms. The van der Waals surface area contributed by atoms with Gasteiger partial charge in [-0.05, 0) is 0 Å². The molecule has 5 heteroatoms. The van der Waals surface area contributed by atoms with Crippen LogP contribution in [0.25, 0.3) is 0 Å². The van der Waals surface area contributed by atoms with Gasteiger partial charge in [0.25, 0.3) is 0 Å². The van der Waals surface area contributed by atoms with Crippen LogP contribution in [0.4, 0.5) is 13.2 Å². The van der Waals surface area contributed by atoms with Crippen LogP contribution in [-0.2, 0) is 6.67 Å². The summed E-state index contributed by atoms with van der Waals surface area (Å²) in [5, 5.41) is 0. The lowest BCUT2D eigenvalue weighted by Crippen LogP contribution is -2.00. The first kappa shape index (κ1) is 7.11. The van der Waals surface area contributed by atoms with Crippen LogP contribution in [0.15, 0.2) is 0 Å². The summed E-state index contributed by atoms with van der Waals surface area (Å²) < 4.78 is 35.5. The van der Waals surface area contributed by atoms with E-state index in [1.165, 1.54) is 0 Å². The van der Waals surface area contributed by atoms with Gasteiger partial charge in [0, 0.05) is 0 Å². The van der Waals surface area contributed by atoms with Gasteiger partial charge in [-0.15, -0.1) is 0 Å². The Morgan fingerprint density at radius 3 is 2.70 bits per heavy atom. The van der Waals surface area contributed by atoms with Crippen LogP contribution >= 0.6 is 0 Å². The van der Waals surface area contributed by atoms with Crippen molar-refractivity contribution in [3.63, 3.8) is 0 Å². The minimum atomic E-state index is -2.79. The van der Waals surface area contributed by atoms with Gasteiger partial charge in [0.1, 0.15) is 12.9 Å². The number of hydrogen-bond acceptors (Lipinski definition) is 1. The van der Waals surface area contributed by atoms with Crippen LogP contribution in [0.1, 0.15) is 12.2 Å². The Kier molecular flexibility index (Phi) is 1.94. The van der Waals surface area contributed by atoms with Gasteiger partial charge in [0.05, 0.1) is 5.69 Å². The van der Waals surface area contributed by atoms with Gasteiger partial charge in [0.2, 0.25) is 0 Å². The summed E-state index contributed by atoms with van der Waals surface area (Å²) in [5.74, 6) is 0. The molecule has 2 nitrogen and oxygen atoms in total. The highest BCUT2D eigenvalue weighted by Gasteiger charge is 2.10. The lowest BCUT2D eigenvalue weighted by Gasteiger charge is -1.99. The lowest BCUT2D eigenvalue weighted by atomic mass is 10.5. The van der Waals surface area contributed by atoms with Crippen LogP contribution in [-0.4, -0.2) is 9.55 Å². The topological polar surface area (TPSA) is 17.8 Å². The first-order valence-corrected chi connectivity index (χ1v) is 2.46. The van der Waals surface area contributed by atoms with Crippen molar-refractivity contribution in [2.75, 3.05) is 0 Å². The highest BCUT2D eigenvalue weighted by atomic mass is 19.3. The standard InChI is InChI=1S/C5H3F3N2/c6-1-4-2-9-3-10(4)5(7)8/h5H,1H2. The number of aromatic nitrogens is 2. The van der Waals surface area contributed by atoms with Crippen LogP contribution < -0.4 is 0 Å². The summed E-state index contributed by atoms with van der Waals surface area (Å²) in [4.78, 5) is 3.11. The Morgan fingerprint density at radius 2 is 2.30 bits per heavy atom. The minimum absolute atomic E-state index is 0.282. The molecule has 0 fully saturated rings. The summed E-state index contributed by atoms with van der Waals surface area (Å²) >= 11 is 0. The molecular weight excluding hydrogens is 145 g/mol. The molecule has 0 N–H and O–H groups in total. The Hall–Kier alpha value is -1.00. The molecule has 0 aliphatic carbocycles. The number of rotatable bonds is 2. The van der Waals surface area contributed by atoms with Gasteiger partial charge in [-0.25, -0.2) is 9.37 Å². The highest BCUT2D eigenvalue weighted by molar-refractivity contribution is 4.93. The molecule has 1 rings (SSSR count). The van der Waals surface area contributed by atoms with E-state index in [2.05, 4.69) is 4.98 Å². The summed E-state index contributed by atoms with van der Waals surface area (Å²) in [6.07, 6.45) is 3.92. The molecule has 0 aliphatic rings. The van der Waals surface area contributed by atoms with E-state index in [-0.39, 0.29) is 5.69 Å². The smallest absolute Gasteiger partial charge is 0.265 e. The zero-order valence-electron chi connectivity index (χ0n) is 4.81. The molecule has 54 valence electrons. The molecule has 0 aromatic carbocycles. The predicted molar refractivity (Wildman–Crippen MR) is 26.0 cm³/mol. The van der Waals surface area contributed by atoms with Crippen LogP contribution in [0.3, 0.4) is 0 Å². The second-order valence-corrected chi connectivity index (χ2v) is 1.55. The first-order valence-electron chi connectivity index (χ1n) is 2.46. The maximum atomic E-state index is 11.8. The third-order valence-electron chi connectivity index (χ3n) is 0.955. The van der Waals surface area contributed by atoms with E-state index in [1.54, 1.807) is 0 Å². The van der Waals surface area contributed by atoms with Crippen LogP contribution in [0.2, 0.25) is 0 Å². The number of halogens is 3. The van der Waals surface area contributed by atoms with Crippen molar-refractivity contribution in [2.24, 2.45) is 0 Å². The van der Waals surface area contributed by atoms with Crippen molar-refractivity contribution < 1.29 is 13.2 Å². The molecule has 0 bridgehead atoms. The third kappa shape index (κ3) is 1.12. The van der Waals surface area contributed by atoms with Crippen molar-refractivity contribution in [1.82, 2.24) is 9.55 Å². The second kappa shape index (κ2) is 2.72. The number of alkyl halides is 3. The van der Waals surface area contributed by atoms with Crippen molar-refractivity contribution in [3.8, 4) is 0 Å². The van der Waals surface area contributed by atoms with Crippen LogP contribution in [0, 0.1) is 12.5 Å². The van der Waals surface area contributed by atoms with E-state index in [0.29, 0.717) is 4.57 Å². The molecule has 1 aromatic rings. The minimum Gasteiger partial charge on any atom is -0.265 e. The second-order valence-electron chi connectivity index (χ2n) is 1.55. The first-order chi connectivity index (χ1) is 4.75. The fourth-order valence-electron chi connectivity index (χ4n) is 0.513. The Bertz CT molecular complexity index is 208. The van der Waals surface area contributed by atoms with Crippen molar-refractivity contribution in [1.29, 1.82) is 0 Å². The Morgan fingerprint density at radius 1 is 1.60 bits per heavy atom. The van der Waals surface area contributed by atoms with E-state index in [9.17, 15) is 13.2 Å². The van der Waals surface area contributed by atoms with Crippen LogP contribution in [0.5, 0.6) is 0 Å². The van der Waals surface area contributed by atoms with E-state index in [4.69, 9.17) is 0 Å². The monoisotopic (exact) mass is 148 g/mol. The average molecular weight is 148 g/mol. The maximum absolute atomic E-state index is 11.8. The number of imidazole rings is 1. The van der Waals surface area contributed by atoms with Gasteiger partial charge in [-0.1, -0.05) is 0 Å². The molecule has 1 aromatic heterocycles. The van der Waals surface area contributed by atoms with Crippen molar-refractivity contribution >= 4 is 0 Å². The van der Waals surface area contributed by atoms with E-state index in [1.807, 2.05) is 12.5 Å². The zero-order chi connectivity index (χ0) is 7.56. The van der Waals surface area contributed by atoms with Gasteiger partial charge < -0.3 is 0 Å². The molecule has 1 heterocycles. The molecule has 0 spiro atoms. The Labute approximate surface area is 55.3 Å². The van der Waals surface area contributed by atoms with E-state index < -0.39 is 13.2 Å². The summed E-state index contributed by atoms with van der Waals surface area (Å²) in [5.41, 5.74) is -0.282. The third-order valence-corrected chi connectivity index (χ3v) is 0.955. The molecule has 0 unspecified atom stereocenters. The molecular formula is C5H3F3N2. The molecule has 0 atom stereocenters. The summed E-state index contributed by atoms with van der Waals surface area (Å²) in [6.45, 7) is -3.79. The zero-order valence-corrected chi connectivity index (χ0v) is 4.81. The van der Waals surface area contributed by atoms with Gasteiger partial charge in [-0.2, -0.15) is 8.78 Å². The average Bonchev–Trinajstić information content (AvgIpc) is 2.33. The lowest BCUT2D eigenvalue weighted by molar-refractivity contribution is 0.0646. The Balaban J connectivity index is 2.90. The number of nitrogens with zero attached hydrogens (tertiary/aromatic N) is 2. The van der Waals surface area contributed by atoms with E-state index in [0.717, 1.165) is 0 Å². The van der Waals surface area contributed by atoms with Crippen molar-refractivity contribution in [3.05, 3.63) is 18.2 Å². The highest BCUT2D eigenvalue weighted by Crippen LogP contribution is 2.12. The molecule has 0 amide bonds. The molecule has 0 saturated heterocycles. The molecule has 0 saturated carbocycles. The van der Waals surface area contributed by atoms with Gasteiger partial charge in [0.15, 0.2) is 6.33 Å². The normalized spacial score (nSPS) is 10.8. The van der Waals surface area contributed by atoms with Crippen molar-refractivity contribution in [2.45, 2.75) is 13.2 Å². The fourth-order valence-corrected chi connectivity index (χ4v) is 0.513. The molecule has 2 radical (unpaired) electrons. The summed E-state index contributed by atoms with van der Waals surface area (Å²) in [6, 6.07) is 0. The quantitative estimate of drug-likeness (QED) is 0.618. The SMILES string of the molecule is FCc1[c]n[c]n1C(F)F. The summed E-state index contributed by atoms with van der Waals surface area (Å²) in [7, 11) is 0.